The molecule has 0 spiro atoms. The second-order valence-corrected chi connectivity index (χ2v) is 5.14. The smallest absolute Gasteiger partial charge is 0.138 e. The van der Waals surface area contributed by atoms with Gasteiger partial charge in [0, 0.05) is 28.0 Å². The minimum absolute atomic E-state index is 0.200. The SMILES string of the molecule is O=C1CCOC(c2ncc(Br)cc2Br)C1. The van der Waals surface area contributed by atoms with Crippen molar-refractivity contribution in [1.82, 2.24) is 4.98 Å². The van der Waals surface area contributed by atoms with Gasteiger partial charge in [0.1, 0.15) is 11.9 Å². The molecule has 0 amide bonds. The van der Waals surface area contributed by atoms with E-state index < -0.39 is 0 Å². The zero-order valence-electron chi connectivity index (χ0n) is 7.87. The Morgan fingerprint density at radius 2 is 2.27 bits per heavy atom. The normalized spacial score (nSPS) is 21.7. The molecule has 1 aliphatic rings. The highest BCUT2D eigenvalue weighted by Gasteiger charge is 2.24. The van der Waals surface area contributed by atoms with E-state index in [-0.39, 0.29) is 11.9 Å². The molecule has 2 rings (SSSR count). The van der Waals surface area contributed by atoms with Gasteiger partial charge in [0.25, 0.3) is 0 Å². The Hall–Kier alpha value is -0.260. The predicted molar refractivity (Wildman–Crippen MR) is 62.6 cm³/mol. The van der Waals surface area contributed by atoms with Crippen LogP contribution in [0.2, 0.25) is 0 Å². The lowest BCUT2D eigenvalue weighted by Gasteiger charge is -2.22. The van der Waals surface area contributed by atoms with Gasteiger partial charge in [-0.05, 0) is 37.9 Å². The van der Waals surface area contributed by atoms with E-state index in [9.17, 15) is 4.79 Å². The highest BCUT2D eigenvalue weighted by Crippen LogP contribution is 2.31. The van der Waals surface area contributed by atoms with Crippen LogP contribution in [0.15, 0.2) is 21.2 Å². The summed E-state index contributed by atoms with van der Waals surface area (Å²) in [5.41, 5.74) is 0.797. The summed E-state index contributed by atoms with van der Waals surface area (Å²) in [5, 5.41) is 0. The first kappa shape index (κ1) is 11.2. The van der Waals surface area contributed by atoms with Gasteiger partial charge in [0.15, 0.2) is 0 Å². The summed E-state index contributed by atoms with van der Waals surface area (Å²) in [7, 11) is 0. The van der Waals surface area contributed by atoms with Gasteiger partial charge in [-0.2, -0.15) is 0 Å². The van der Waals surface area contributed by atoms with E-state index in [1.54, 1.807) is 6.20 Å². The minimum atomic E-state index is -0.200. The third kappa shape index (κ3) is 2.65. The molecule has 1 aliphatic heterocycles. The lowest BCUT2D eigenvalue weighted by molar-refractivity contribution is -0.128. The summed E-state index contributed by atoms with van der Waals surface area (Å²) >= 11 is 6.75. The number of ketones is 1. The van der Waals surface area contributed by atoms with Gasteiger partial charge in [-0.25, -0.2) is 0 Å². The predicted octanol–water partition coefficient (Wildman–Crippen LogP) is 3.03. The maximum Gasteiger partial charge on any atom is 0.138 e. The second kappa shape index (κ2) is 4.72. The van der Waals surface area contributed by atoms with E-state index >= 15 is 0 Å². The number of rotatable bonds is 1. The first-order valence-electron chi connectivity index (χ1n) is 4.61. The van der Waals surface area contributed by atoms with Crippen molar-refractivity contribution in [2.45, 2.75) is 18.9 Å². The monoisotopic (exact) mass is 333 g/mol. The van der Waals surface area contributed by atoms with Crippen molar-refractivity contribution in [3.05, 3.63) is 26.9 Å². The van der Waals surface area contributed by atoms with Gasteiger partial charge in [-0.1, -0.05) is 0 Å². The van der Waals surface area contributed by atoms with Crippen molar-refractivity contribution in [3.63, 3.8) is 0 Å². The number of carbonyl (C=O) groups is 1. The van der Waals surface area contributed by atoms with Gasteiger partial charge in [0.2, 0.25) is 0 Å². The summed E-state index contributed by atoms with van der Waals surface area (Å²) in [6.07, 6.45) is 2.45. The molecule has 2 heterocycles. The molecule has 0 bridgehead atoms. The molecule has 1 saturated heterocycles. The zero-order chi connectivity index (χ0) is 10.8. The molecule has 1 aromatic rings. The molecule has 80 valence electrons. The van der Waals surface area contributed by atoms with Crippen molar-refractivity contribution in [2.75, 3.05) is 6.61 Å². The van der Waals surface area contributed by atoms with Crippen LogP contribution in [0.4, 0.5) is 0 Å². The third-order valence-electron chi connectivity index (χ3n) is 2.25. The Balaban J connectivity index is 2.24. The van der Waals surface area contributed by atoms with Crippen LogP contribution in [-0.4, -0.2) is 17.4 Å². The molecule has 15 heavy (non-hydrogen) atoms. The molecular weight excluding hydrogens is 326 g/mol. The van der Waals surface area contributed by atoms with Gasteiger partial charge in [-0.15, -0.1) is 0 Å². The number of ether oxygens (including phenoxy) is 1. The number of carbonyl (C=O) groups excluding carboxylic acids is 1. The van der Waals surface area contributed by atoms with Crippen LogP contribution in [0, 0.1) is 0 Å². The van der Waals surface area contributed by atoms with E-state index in [1.165, 1.54) is 0 Å². The molecule has 1 atom stereocenters. The lowest BCUT2D eigenvalue weighted by Crippen LogP contribution is -2.20. The van der Waals surface area contributed by atoms with E-state index in [2.05, 4.69) is 36.8 Å². The van der Waals surface area contributed by atoms with Gasteiger partial charge >= 0.3 is 0 Å². The topological polar surface area (TPSA) is 39.2 Å². The fourth-order valence-corrected chi connectivity index (χ4v) is 2.76. The number of halogens is 2. The fraction of sp³-hybridized carbons (Fsp3) is 0.400. The molecule has 0 radical (unpaired) electrons. The minimum Gasteiger partial charge on any atom is -0.371 e. The molecule has 1 fully saturated rings. The van der Waals surface area contributed by atoms with E-state index in [0.717, 1.165) is 14.6 Å². The van der Waals surface area contributed by atoms with Gasteiger partial charge in [-0.3, -0.25) is 9.78 Å². The van der Waals surface area contributed by atoms with Crippen LogP contribution in [0.5, 0.6) is 0 Å². The van der Waals surface area contributed by atoms with Crippen molar-refractivity contribution >= 4 is 37.6 Å². The van der Waals surface area contributed by atoms with E-state index in [0.29, 0.717) is 19.4 Å². The molecule has 3 nitrogen and oxygen atoms in total. The maximum absolute atomic E-state index is 11.3. The Morgan fingerprint density at radius 3 is 2.93 bits per heavy atom. The summed E-state index contributed by atoms with van der Waals surface area (Å²) in [6, 6.07) is 1.91. The van der Waals surface area contributed by atoms with Crippen LogP contribution in [0.1, 0.15) is 24.6 Å². The highest BCUT2D eigenvalue weighted by molar-refractivity contribution is 9.11. The molecule has 0 aromatic carbocycles. The highest BCUT2D eigenvalue weighted by atomic mass is 79.9. The number of hydrogen-bond donors (Lipinski definition) is 0. The van der Waals surface area contributed by atoms with Crippen LogP contribution < -0.4 is 0 Å². The van der Waals surface area contributed by atoms with E-state index in [1.807, 2.05) is 6.07 Å². The molecule has 1 unspecified atom stereocenters. The summed E-state index contributed by atoms with van der Waals surface area (Å²) in [4.78, 5) is 15.6. The number of pyridine rings is 1. The van der Waals surface area contributed by atoms with Crippen LogP contribution in [-0.2, 0) is 9.53 Å². The summed E-state index contributed by atoms with van der Waals surface area (Å²) < 4.78 is 7.30. The van der Waals surface area contributed by atoms with Crippen molar-refractivity contribution in [3.8, 4) is 0 Å². The van der Waals surface area contributed by atoms with Crippen LogP contribution >= 0.6 is 31.9 Å². The van der Waals surface area contributed by atoms with Crippen molar-refractivity contribution in [1.29, 1.82) is 0 Å². The average molecular weight is 335 g/mol. The molecule has 1 aromatic heterocycles. The molecule has 0 aliphatic carbocycles. The van der Waals surface area contributed by atoms with Crippen LogP contribution in [0.25, 0.3) is 0 Å². The number of aromatic nitrogens is 1. The zero-order valence-corrected chi connectivity index (χ0v) is 11.0. The Labute approximate surface area is 104 Å². The number of hydrogen-bond acceptors (Lipinski definition) is 3. The standard InChI is InChI=1S/C10H9Br2NO2/c11-6-3-8(12)10(13-5-6)9-4-7(14)1-2-15-9/h3,5,9H,1-2,4H2. The molecule has 0 saturated carbocycles. The van der Waals surface area contributed by atoms with Crippen molar-refractivity contribution in [2.24, 2.45) is 0 Å². The number of nitrogens with zero attached hydrogens (tertiary/aromatic N) is 1. The van der Waals surface area contributed by atoms with Gasteiger partial charge in [0.05, 0.1) is 12.3 Å². The quantitative estimate of drug-likeness (QED) is 0.792. The first-order valence-corrected chi connectivity index (χ1v) is 6.19. The second-order valence-electron chi connectivity index (χ2n) is 3.37. The first-order chi connectivity index (χ1) is 7.16. The molecular formula is C10H9Br2NO2. The third-order valence-corrected chi connectivity index (χ3v) is 3.32. The maximum atomic E-state index is 11.3. The molecule has 5 heteroatoms. The Kier molecular flexibility index (Phi) is 3.53. The van der Waals surface area contributed by atoms with Crippen molar-refractivity contribution < 1.29 is 9.53 Å². The average Bonchev–Trinajstić information content (AvgIpc) is 2.17. The lowest BCUT2D eigenvalue weighted by atomic mass is 10.0. The van der Waals surface area contributed by atoms with E-state index in [4.69, 9.17) is 4.74 Å². The summed E-state index contributed by atoms with van der Waals surface area (Å²) in [6.45, 7) is 0.494. The summed E-state index contributed by atoms with van der Waals surface area (Å²) in [5.74, 6) is 0.239. The van der Waals surface area contributed by atoms with Gasteiger partial charge < -0.3 is 4.74 Å². The Bertz CT molecular complexity index is 395. The van der Waals surface area contributed by atoms with Crippen LogP contribution in [0.3, 0.4) is 0 Å². The fourth-order valence-electron chi connectivity index (χ4n) is 1.52. The largest absolute Gasteiger partial charge is 0.371 e. The number of Topliss-reactive ketones (excluding diaryl/α,β-unsaturated/α-hetero) is 1. The molecule has 0 N–H and O–H groups in total. The Morgan fingerprint density at radius 1 is 1.47 bits per heavy atom.